The van der Waals surface area contributed by atoms with Crippen molar-refractivity contribution in [3.05, 3.63) is 0 Å². The summed E-state index contributed by atoms with van der Waals surface area (Å²) >= 11 is 0. The maximum atomic E-state index is 8.82. The van der Waals surface area contributed by atoms with Crippen LogP contribution >= 0.6 is 0 Å². The molecule has 1 aliphatic heterocycles. The van der Waals surface area contributed by atoms with Gasteiger partial charge in [-0.25, -0.2) is 0 Å². The largest absolute Gasteiger partial charge is 0.395 e. The predicted molar refractivity (Wildman–Crippen MR) is 48.7 cm³/mol. The molecule has 1 atom stereocenters. The molecular weight excluding hydrogens is 138 g/mol. The maximum absolute atomic E-state index is 8.82. The summed E-state index contributed by atoms with van der Waals surface area (Å²) in [5.41, 5.74) is 0. The molecule has 11 heavy (non-hydrogen) atoms. The molecule has 1 unspecified atom stereocenters. The minimum atomic E-state index is 0.330. The second-order valence-corrected chi connectivity index (χ2v) is 2.81. The van der Waals surface area contributed by atoms with Crippen molar-refractivity contribution in [1.82, 2.24) is 4.90 Å². The fraction of sp³-hybridized carbons (Fsp3) is 1.00. The van der Waals surface area contributed by atoms with Gasteiger partial charge in [0.2, 0.25) is 0 Å². The predicted octanol–water partition coefficient (Wildman–Crippen LogP) is 1.49. The Kier molecular flexibility index (Phi) is 6.57. The van der Waals surface area contributed by atoms with Gasteiger partial charge in [0, 0.05) is 6.04 Å². The average molecular weight is 159 g/mol. The van der Waals surface area contributed by atoms with Crippen LogP contribution in [-0.4, -0.2) is 36.2 Å². The van der Waals surface area contributed by atoms with E-state index < -0.39 is 0 Å². The van der Waals surface area contributed by atoms with E-state index in [-0.39, 0.29) is 0 Å². The van der Waals surface area contributed by atoms with Crippen molar-refractivity contribution >= 4 is 0 Å². The first kappa shape index (κ1) is 10.9. The molecule has 0 amide bonds. The lowest BCUT2D eigenvalue weighted by atomic mass is 10.0. The van der Waals surface area contributed by atoms with Crippen LogP contribution in [-0.2, 0) is 0 Å². The number of piperidine rings is 1. The molecule has 1 aliphatic rings. The van der Waals surface area contributed by atoms with E-state index in [0.29, 0.717) is 12.6 Å². The van der Waals surface area contributed by atoms with Crippen molar-refractivity contribution in [2.75, 3.05) is 20.2 Å². The van der Waals surface area contributed by atoms with E-state index in [4.69, 9.17) is 5.11 Å². The molecule has 1 N–H and O–H groups in total. The molecule has 1 saturated heterocycles. The topological polar surface area (TPSA) is 23.5 Å². The zero-order valence-corrected chi connectivity index (χ0v) is 8.01. The Bertz CT molecular complexity index is 85.6. The Morgan fingerprint density at radius 3 is 2.36 bits per heavy atom. The normalized spacial score (nSPS) is 25.6. The molecule has 0 aromatic carbocycles. The SMILES string of the molecule is CC.CN1CCCCC1CO. The lowest BCUT2D eigenvalue weighted by molar-refractivity contribution is 0.114. The third-order valence-electron chi connectivity index (χ3n) is 2.13. The third-order valence-corrected chi connectivity index (χ3v) is 2.13. The minimum Gasteiger partial charge on any atom is -0.395 e. The van der Waals surface area contributed by atoms with Gasteiger partial charge in [0.15, 0.2) is 0 Å². The van der Waals surface area contributed by atoms with Gasteiger partial charge in [-0.15, -0.1) is 0 Å². The van der Waals surface area contributed by atoms with Gasteiger partial charge in [0.25, 0.3) is 0 Å². The Morgan fingerprint density at radius 2 is 2.00 bits per heavy atom. The number of rotatable bonds is 1. The lowest BCUT2D eigenvalue weighted by Gasteiger charge is -2.30. The summed E-state index contributed by atoms with van der Waals surface area (Å²) in [7, 11) is 2.08. The molecule has 0 aromatic heterocycles. The molecule has 0 aliphatic carbocycles. The smallest absolute Gasteiger partial charge is 0.0586 e. The van der Waals surface area contributed by atoms with Crippen LogP contribution in [0.3, 0.4) is 0 Å². The summed E-state index contributed by atoms with van der Waals surface area (Å²) in [6.07, 6.45) is 3.76. The van der Waals surface area contributed by atoms with Crippen molar-refractivity contribution in [3.63, 3.8) is 0 Å². The van der Waals surface area contributed by atoms with Crippen LogP contribution in [0.15, 0.2) is 0 Å². The van der Waals surface area contributed by atoms with Crippen LogP contribution in [0.1, 0.15) is 33.1 Å². The highest BCUT2D eigenvalue weighted by atomic mass is 16.3. The molecule has 1 fully saturated rings. The van der Waals surface area contributed by atoms with Crippen molar-refractivity contribution in [2.24, 2.45) is 0 Å². The first-order valence-corrected chi connectivity index (χ1v) is 4.65. The Labute approximate surface area is 70.2 Å². The number of aliphatic hydroxyl groups is 1. The highest BCUT2D eigenvalue weighted by Gasteiger charge is 2.16. The number of hydrogen-bond acceptors (Lipinski definition) is 2. The van der Waals surface area contributed by atoms with E-state index >= 15 is 0 Å². The van der Waals surface area contributed by atoms with Crippen molar-refractivity contribution in [2.45, 2.75) is 39.2 Å². The summed E-state index contributed by atoms with van der Waals surface area (Å²) in [5.74, 6) is 0. The first-order valence-electron chi connectivity index (χ1n) is 4.65. The summed E-state index contributed by atoms with van der Waals surface area (Å²) < 4.78 is 0. The summed E-state index contributed by atoms with van der Waals surface area (Å²) in [6.45, 7) is 5.49. The van der Waals surface area contributed by atoms with Gasteiger partial charge in [-0.2, -0.15) is 0 Å². The van der Waals surface area contributed by atoms with E-state index in [1.807, 2.05) is 13.8 Å². The summed E-state index contributed by atoms with van der Waals surface area (Å²) in [5, 5.41) is 8.82. The lowest BCUT2D eigenvalue weighted by Crippen LogP contribution is -2.38. The first-order chi connectivity index (χ1) is 5.34. The van der Waals surface area contributed by atoms with Gasteiger partial charge in [-0.1, -0.05) is 20.3 Å². The van der Waals surface area contributed by atoms with E-state index in [2.05, 4.69) is 11.9 Å². The van der Waals surface area contributed by atoms with E-state index in [1.165, 1.54) is 19.3 Å². The zero-order valence-electron chi connectivity index (χ0n) is 8.01. The van der Waals surface area contributed by atoms with Crippen molar-refractivity contribution in [3.8, 4) is 0 Å². The Morgan fingerprint density at radius 1 is 1.36 bits per heavy atom. The number of likely N-dealkylation sites (N-methyl/N-ethyl adjacent to an activating group) is 1. The monoisotopic (exact) mass is 159 g/mol. The standard InChI is InChI=1S/C7H15NO.C2H6/c1-8-5-3-2-4-7(8)6-9;1-2/h7,9H,2-6H2,1H3;1-2H3. The highest BCUT2D eigenvalue weighted by molar-refractivity contribution is 4.72. The summed E-state index contributed by atoms with van der Waals surface area (Å²) in [4.78, 5) is 2.24. The third kappa shape index (κ3) is 3.73. The number of likely N-dealkylation sites (tertiary alicyclic amines) is 1. The quantitative estimate of drug-likeness (QED) is 0.626. The van der Waals surface area contributed by atoms with Gasteiger partial charge in [0.1, 0.15) is 0 Å². The van der Waals surface area contributed by atoms with Crippen LogP contribution in [0.4, 0.5) is 0 Å². The Hall–Kier alpha value is -0.0800. The number of nitrogens with zero attached hydrogens (tertiary/aromatic N) is 1. The molecule has 0 aromatic rings. The molecule has 68 valence electrons. The molecule has 1 rings (SSSR count). The second kappa shape index (κ2) is 6.62. The highest BCUT2D eigenvalue weighted by Crippen LogP contribution is 2.13. The minimum absolute atomic E-state index is 0.330. The van der Waals surface area contributed by atoms with Crippen LogP contribution < -0.4 is 0 Å². The molecule has 0 saturated carbocycles. The van der Waals surface area contributed by atoms with Crippen molar-refractivity contribution in [1.29, 1.82) is 0 Å². The molecule has 1 heterocycles. The fourth-order valence-corrected chi connectivity index (χ4v) is 1.37. The van der Waals surface area contributed by atoms with Gasteiger partial charge < -0.3 is 10.0 Å². The Balaban J connectivity index is 0.000000461. The molecule has 0 bridgehead atoms. The number of aliphatic hydroxyl groups excluding tert-OH is 1. The summed E-state index contributed by atoms with van der Waals surface area (Å²) in [6, 6.07) is 0.443. The van der Waals surface area contributed by atoms with Gasteiger partial charge >= 0.3 is 0 Å². The van der Waals surface area contributed by atoms with Crippen LogP contribution in [0.5, 0.6) is 0 Å². The van der Waals surface area contributed by atoms with Crippen LogP contribution in [0.2, 0.25) is 0 Å². The molecule has 2 nitrogen and oxygen atoms in total. The van der Waals surface area contributed by atoms with E-state index in [0.717, 1.165) is 6.54 Å². The molecule has 2 heteroatoms. The second-order valence-electron chi connectivity index (χ2n) is 2.81. The number of hydrogen-bond donors (Lipinski definition) is 1. The molecular formula is C9H21NO. The van der Waals surface area contributed by atoms with Crippen LogP contribution in [0, 0.1) is 0 Å². The molecule has 0 radical (unpaired) electrons. The van der Waals surface area contributed by atoms with E-state index in [1.54, 1.807) is 0 Å². The molecule has 0 spiro atoms. The fourth-order valence-electron chi connectivity index (χ4n) is 1.37. The van der Waals surface area contributed by atoms with Crippen molar-refractivity contribution < 1.29 is 5.11 Å². The zero-order chi connectivity index (χ0) is 8.69. The maximum Gasteiger partial charge on any atom is 0.0586 e. The van der Waals surface area contributed by atoms with Crippen LogP contribution in [0.25, 0.3) is 0 Å². The average Bonchev–Trinajstić information content (AvgIpc) is 2.09. The van der Waals surface area contributed by atoms with Gasteiger partial charge in [-0.05, 0) is 26.4 Å². The van der Waals surface area contributed by atoms with Gasteiger partial charge in [-0.3, -0.25) is 0 Å². The van der Waals surface area contributed by atoms with Gasteiger partial charge in [0.05, 0.1) is 6.61 Å². The van der Waals surface area contributed by atoms with E-state index in [9.17, 15) is 0 Å².